The van der Waals surface area contributed by atoms with Crippen LogP contribution < -0.4 is 0 Å². The summed E-state index contributed by atoms with van der Waals surface area (Å²) in [6, 6.07) is 0. The first kappa shape index (κ1) is 9.70. The van der Waals surface area contributed by atoms with Crippen molar-refractivity contribution in [2.75, 3.05) is 0 Å². The Balaban J connectivity index is 0.000000236. The summed E-state index contributed by atoms with van der Waals surface area (Å²) in [5.74, 6) is 0. The van der Waals surface area contributed by atoms with Crippen LogP contribution in [0.25, 0.3) is 0 Å². The Morgan fingerprint density at radius 1 is 1.10 bits per heavy atom. The number of hydrogen-bond donors (Lipinski definition) is 0. The molecule has 1 rings (SSSR count). The van der Waals surface area contributed by atoms with Crippen LogP contribution >= 0.6 is 11.3 Å². The molecule has 0 aromatic carbocycles. The van der Waals surface area contributed by atoms with E-state index < -0.39 is 0 Å². The molecule has 0 saturated carbocycles. The van der Waals surface area contributed by atoms with Crippen LogP contribution in [0.2, 0.25) is 0 Å². The molecule has 0 aliphatic rings. The number of hydrogen-bond acceptors (Lipinski definition) is 1. The fraction of sp³-hybridized carbons (Fsp3) is 0.556. The lowest BCUT2D eigenvalue weighted by molar-refractivity contribution is 1.09. The van der Waals surface area contributed by atoms with Crippen molar-refractivity contribution in [1.82, 2.24) is 0 Å². The van der Waals surface area contributed by atoms with Gasteiger partial charge < -0.3 is 0 Å². The van der Waals surface area contributed by atoms with Gasteiger partial charge in [-0.05, 0) is 35.7 Å². The summed E-state index contributed by atoms with van der Waals surface area (Å²) in [7, 11) is 0. The summed E-state index contributed by atoms with van der Waals surface area (Å²) in [6.45, 7) is 8.51. The van der Waals surface area contributed by atoms with Gasteiger partial charge in [-0.25, -0.2) is 0 Å². The lowest BCUT2D eigenvalue weighted by Crippen LogP contribution is -1.63. The topological polar surface area (TPSA) is 0 Å². The predicted octanol–water partition coefficient (Wildman–Crippen LogP) is 3.78. The van der Waals surface area contributed by atoms with Crippen LogP contribution in [-0.2, 0) is 0 Å². The molecule has 0 saturated heterocycles. The minimum Gasteiger partial charge on any atom is -0.152 e. The molecule has 10 heavy (non-hydrogen) atoms. The summed E-state index contributed by atoms with van der Waals surface area (Å²) in [6.07, 6.45) is 1.25. The largest absolute Gasteiger partial charge is 0.152 e. The van der Waals surface area contributed by atoms with Crippen LogP contribution in [0.1, 0.15) is 31.4 Å². The van der Waals surface area contributed by atoms with E-state index in [2.05, 4.69) is 38.5 Å². The van der Waals surface area contributed by atoms with E-state index in [1.165, 1.54) is 17.5 Å². The third-order valence-corrected chi connectivity index (χ3v) is 2.09. The average Bonchev–Trinajstić information content (AvgIpc) is 2.19. The second-order valence-electron chi connectivity index (χ2n) is 2.44. The van der Waals surface area contributed by atoms with Crippen LogP contribution in [0.15, 0.2) is 10.8 Å². The Hall–Kier alpha value is -0.300. The summed E-state index contributed by atoms with van der Waals surface area (Å²) in [5.41, 5.74) is 2.81. The van der Waals surface area contributed by atoms with Crippen molar-refractivity contribution in [2.24, 2.45) is 0 Å². The Kier molecular flexibility index (Phi) is 5.32. The molecule has 0 radical (unpaired) electrons. The van der Waals surface area contributed by atoms with Gasteiger partial charge in [-0.1, -0.05) is 20.3 Å². The van der Waals surface area contributed by atoms with Crippen molar-refractivity contribution in [3.63, 3.8) is 0 Å². The van der Waals surface area contributed by atoms with Gasteiger partial charge in [0.05, 0.1) is 0 Å². The molecule has 0 bridgehead atoms. The van der Waals surface area contributed by atoms with E-state index in [4.69, 9.17) is 0 Å². The van der Waals surface area contributed by atoms with Crippen molar-refractivity contribution in [2.45, 2.75) is 34.1 Å². The van der Waals surface area contributed by atoms with Crippen molar-refractivity contribution in [1.29, 1.82) is 0 Å². The molecule has 0 fully saturated rings. The summed E-state index contributed by atoms with van der Waals surface area (Å²) in [4.78, 5) is 0. The zero-order valence-corrected chi connectivity index (χ0v) is 8.09. The molecule has 0 unspecified atom stereocenters. The Morgan fingerprint density at radius 3 is 1.50 bits per heavy atom. The summed E-state index contributed by atoms with van der Waals surface area (Å²) < 4.78 is 0. The molecule has 1 aromatic heterocycles. The molecule has 0 atom stereocenters. The van der Waals surface area contributed by atoms with Gasteiger partial charge in [0.1, 0.15) is 0 Å². The van der Waals surface area contributed by atoms with Gasteiger partial charge >= 0.3 is 0 Å². The SMILES string of the molecule is CCC.Cc1cscc1C. The highest BCUT2D eigenvalue weighted by Gasteiger charge is 1.86. The molecule has 0 N–H and O–H groups in total. The second-order valence-corrected chi connectivity index (χ2v) is 3.19. The first-order chi connectivity index (χ1) is 4.72. The van der Waals surface area contributed by atoms with Gasteiger partial charge in [0.25, 0.3) is 0 Å². The van der Waals surface area contributed by atoms with Crippen molar-refractivity contribution < 1.29 is 0 Å². The van der Waals surface area contributed by atoms with Gasteiger partial charge in [0, 0.05) is 0 Å². The van der Waals surface area contributed by atoms with E-state index in [1.54, 1.807) is 11.3 Å². The van der Waals surface area contributed by atoms with Crippen LogP contribution in [0, 0.1) is 13.8 Å². The lowest BCUT2D eigenvalue weighted by Gasteiger charge is -1.79. The standard InChI is InChI=1S/C6H8S.C3H8/c1-5-3-7-4-6(5)2;1-3-2/h3-4H,1-2H3;3H2,1-2H3. The fourth-order valence-corrected chi connectivity index (χ4v) is 1.27. The first-order valence-electron chi connectivity index (χ1n) is 3.71. The molecular formula is C9H16S. The average molecular weight is 156 g/mol. The van der Waals surface area contributed by atoms with E-state index in [0.717, 1.165) is 0 Å². The molecule has 1 heterocycles. The summed E-state index contributed by atoms with van der Waals surface area (Å²) >= 11 is 1.77. The minimum atomic E-state index is 1.25. The maximum Gasteiger partial charge on any atom is -0.00613 e. The lowest BCUT2D eigenvalue weighted by atomic mass is 10.2. The van der Waals surface area contributed by atoms with Gasteiger partial charge in [-0.15, -0.1) is 0 Å². The Labute approximate surface area is 67.9 Å². The Morgan fingerprint density at radius 2 is 1.40 bits per heavy atom. The molecule has 1 heteroatoms. The van der Waals surface area contributed by atoms with Crippen LogP contribution in [0.4, 0.5) is 0 Å². The van der Waals surface area contributed by atoms with Gasteiger partial charge in [-0.2, -0.15) is 11.3 Å². The molecule has 1 aromatic rings. The number of aryl methyl sites for hydroxylation is 2. The normalized spacial score (nSPS) is 8.40. The number of thiophene rings is 1. The Bertz CT molecular complexity index is 148. The third-order valence-electron chi connectivity index (χ3n) is 1.11. The van der Waals surface area contributed by atoms with Crippen molar-refractivity contribution in [3.8, 4) is 0 Å². The van der Waals surface area contributed by atoms with E-state index in [0.29, 0.717) is 0 Å². The quantitative estimate of drug-likeness (QED) is 0.536. The van der Waals surface area contributed by atoms with Crippen LogP contribution in [0.5, 0.6) is 0 Å². The van der Waals surface area contributed by atoms with Crippen molar-refractivity contribution in [3.05, 3.63) is 21.9 Å². The van der Waals surface area contributed by atoms with E-state index >= 15 is 0 Å². The van der Waals surface area contributed by atoms with Crippen LogP contribution in [-0.4, -0.2) is 0 Å². The summed E-state index contributed by atoms with van der Waals surface area (Å²) in [5, 5.41) is 4.32. The molecule has 0 amide bonds. The zero-order chi connectivity index (χ0) is 7.98. The highest BCUT2D eigenvalue weighted by molar-refractivity contribution is 7.08. The maximum atomic E-state index is 2.16. The molecule has 0 aliphatic carbocycles. The smallest absolute Gasteiger partial charge is 0.00613 e. The molecular weight excluding hydrogens is 140 g/mol. The maximum absolute atomic E-state index is 2.16. The zero-order valence-electron chi connectivity index (χ0n) is 7.27. The van der Waals surface area contributed by atoms with E-state index in [9.17, 15) is 0 Å². The fourth-order valence-electron chi connectivity index (χ4n) is 0.424. The predicted molar refractivity (Wildman–Crippen MR) is 49.8 cm³/mol. The molecule has 0 spiro atoms. The second kappa shape index (κ2) is 5.48. The highest BCUT2D eigenvalue weighted by atomic mass is 32.1. The van der Waals surface area contributed by atoms with Gasteiger partial charge in [0.2, 0.25) is 0 Å². The number of rotatable bonds is 0. The third kappa shape index (κ3) is 3.67. The van der Waals surface area contributed by atoms with E-state index in [-0.39, 0.29) is 0 Å². The van der Waals surface area contributed by atoms with Crippen LogP contribution in [0.3, 0.4) is 0 Å². The first-order valence-corrected chi connectivity index (χ1v) is 4.66. The highest BCUT2D eigenvalue weighted by Crippen LogP contribution is 2.10. The monoisotopic (exact) mass is 156 g/mol. The molecule has 58 valence electrons. The van der Waals surface area contributed by atoms with Crippen molar-refractivity contribution >= 4 is 11.3 Å². The van der Waals surface area contributed by atoms with Gasteiger partial charge in [-0.3, -0.25) is 0 Å². The molecule has 0 nitrogen and oxygen atoms in total. The van der Waals surface area contributed by atoms with Gasteiger partial charge in [0.15, 0.2) is 0 Å². The minimum absolute atomic E-state index is 1.25. The van der Waals surface area contributed by atoms with E-state index in [1.807, 2.05) is 0 Å². The molecule has 0 aliphatic heterocycles.